The van der Waals surface area contributed by atoms with Crippen LogP contribution in [0.2, 0.25) is 0 Å². The van der Waals surface area contributed by atoms with E-state index in [4.69, 9.17) is 13.9 Å². The molecule has 0 aliphatic carbocycles. The lowest BCUT2D eigenvalue weighted by Crippen LogP contribution is -2.08. The van der Waals surface area contributed by atoms with Crippen LogP contribution in [-0.4, -0.2) is 13.2 Å². The quantitative estimate of drug-likeness (QED) is 0.428. The molecule has 1 heterocycles. The van der Waals surface area contributed by atoms with Gasteiger partial charge in [0.05, 0.1) is 18.6 Å². The summed E-state index contributed by atoms with van der Waals surface area (Å²) in [6.07, 6.45) is 0.498. The molecule has 0 spiro atoms. The first-order valence-electron chi connectivity index (χ1n) is 9.52. The largest absolute Gasteiger partial charge is 0.494 e. The molecule has 4 heteroatoms. The molecule has 4 nitrogen and oxygen atoms in total. The van der Waals surface area contributed by atoms with Crippen LogP contribution in [0.4, 0.5) is 0 Å². The molecule has 0 saturated heterocycles. The Kier molecular flexibility index (Phi) is 5.02. The number of fused-ring (bicyclic) bond motifs is 2. The number of benzene rings is 3. The molecule has 28 heavy (non-hydrogen) atoms. The van der Waals surface area contributed by atoms with Crippen LogP contribution in [0.15, 0.2) is 69.9 Å². The molecule has 0 bridgehead atoms. The predicted molar refractivity (Wildman–Crippen MR) is 112 cm³/mol. The SMILES string of the molecule is CCOc1cc(OCC)c2cc(Cc3cccc4ccccc34)c(=O)oc2c1. The molecule has 0 atom stereocenters. The Balaban J connectivity index is 1.83. The lowest BCUT2D eigenvalue weighted by atomic mass is 9.98. The third kappa shape index (κ3) is 3.46. The van der Waals surface area contributed by atoms with Gasteiger partial charge in [-0.1, -0.05) is 42.5 Å². The lowest BCUT2D eigenvalue weighted by Gasteiger charge is -2.12. The summed E-state index contributed by atoms with van der Waals surface area (Å²) in [7, 11) is 0. The molecule has 0 radical (unpaired) electrons. The summed E-state index contributed by atoms with van der Waals surface area (Å²) in [5.74, 6) is 1.29. The van der Waals surface area contributed by atoms with Crippen LogP contribution in [0, 0.1) is 0 Å². The van der Waals surface area contributed by atoms with Crippen molar-refractivity contribution in [3.63, 3.8) is 0 Å². The van der Waals surface area contributed by atoms with Gasteiger partial charge in [-0.3, -0.25) is 0 Å². The Labute approximate surface area is 163 Å². The second-order valence-electron chi connectivity index (χ2n) is 6.57. The van der Waals surface area contributed by atoms with E-state index in [2.05, 4.69) is 18.2 Å². The first-order chi connectivity index (χ1) is 13.7. The second kappa shape index (κ2) is 7.77. The van der Waals surface area contributed by atoms with Gasteiger partial charge in [0.25, 0.3) is 0 Å². The molecule has 0 aliphatic rings. The molecule has 142 valence electrons. The topological polar surface area (TPSA) is 48.7 Å². The zero-order chi connectivity index (χ0) is 19.5. The summed E-state index contributed by atoms with van der Waals surface area (Å²) in [6.45, 7) is 4.88. The van der Waals surface area contributed by atoms with Crippen LogP contribution in [-0.2, 0) is 6.42 Å². The number of hydrogen-bond donors (Lipinski definition) is 0. The number of hydrogen-bond acceptors (Lipinski definition) is 4. The Morgan fingerprint density at radius 1 is 0.821 bits per heavy atom. The van der Waals surface area contributed by atoms with Crippen LogP contribution in [0.5, 0.6) is 11.5 Å². The van der Waals surface area contributed by atoms with E-state index in [9.17, 15) is 4.79 Å². The molecular weight excluding hydrogens is 352 g/mol. The Morgan fingerprint density at radius 3 is 2.43 bits per heavy atom. The summed E-state index contributed by atoms with van der Waals surface area (Å²) in [4.78, 5) is 12.7. The lowest BCUT2D eigenvalue weighted by molar-refractivity contribution is 0.325. The average Bonchev–Trinajstić information content (AvgIpc) is 2.70. The molecule has 0 aliphatic heterocycles. The molecule has 3 aromatic carbocycles. The Morgan fingerprint density at radius 2 is 1.61 bits per heavy atom. The van der Waals surface area contributed by atoms with Crippen molar-refractivity contribution in [2.75, 3.05) is 13.2 Å². The third-order valence-corrected chi connectivity index (χ3v) is 4.73. The normalized spacial score (nSPS) is 11.1. The van der Waals surface area contributed by atoms with Crippen molar-refractivity contribution in [1.82, 2.24) is 0 Å². The van der Waals surface area contributed by atoms with Crippen LogP contribution in [0.3, 0.4) is 0 Å². The van der Waals surface area contributed by atoms with E-state index in [-0.39, 0.29) is 5.63 Å². The molecule has 4 rings (SSSR count). The van der Waals surface area contributed by atoms with Crippen molar-refractivity contribution in [3.05, 3.63) is 82.2 Å². The van der Waals surface area contributed by atoms with Crippen molar-refractivity contribution in [2.24, 2.45) is 0 Å². The second-order valence-corrected chi connectivity index (χ2v) is 6.57. The average molecular weight is 374 g/mol. The first-order valence-corrected chi connectivity index (χ1v) is 9.52. The monoisotopic (exact) mass is 374 g/mol. The van der Waals surface area contributed by atoms with Gasteiger partial charge in [0, 0.05) is 24.1 Å². The van der Waals surface area contributed by atoms with Crippen molar-refractivity contribution in [3.8, 4) is 11.5 Å². The van der Waals surface area contributed by atoms with E-state index in [1.807, 2.05) is 50.2 Å². The highest BCUT2D eigenvalue weighted by molar-refractivity contribution is 5.87. The molecule has 0 unspecified atom stereocenters. The van der Waals surface area contributed by atoms with E-state index < -0.39 is 0 Å². The third-order valence-electron chi connectivity index (χ3n) is 4.73. The minimum Gasteiger partial charge on any atom is -0.494 e. The Bertz CT molecular complexity index is 1190. The summed E-state index contributed by atoms with van der Waals surface area (Å²) in [6, 6.07) is 19.8. The van der Waals surface area contributed by atoms with Gasteiger partial charge >= 0.3 is 5.63 Å². The van der Waals surface area contributed by atoms with Crippen LogP contribution < -0.4 is 15.1 Å². The maximum atomic E-state index is 12.7. The minimum atomic E-state index is -0.337. The summed E-state index contributed by atoms with van der Waals surface area (Å²) < 4.78 is 17.0. The van der Waals surface area contributed by atoms with Crippen molar-refractivity contribution in [1.29, 1.82) is 0 Å². The van der Waals surface area contributed by atoms with Crippen molar-refractivity contribution in [2.45, 2.75) is 20.3 Å². The summed E-state index contributed by atoms with van der Waals surface area (Å²) in [5, 5.41) is 3.07. The van der Waals surface area contributed by atoms with Gasteiger partial charge in [-0.2, -0.15) is 0 Å². The van der Waals surface area contributed by atoms with Gasteiger partial charge in [0.2, 0.25) is 0 Å². The summed E-state index contributed by atoms with van der Waals surface area (Å²) in [5.41, 5.74) is 1.83. The van der Waals surface area contributed by atoms with Gasteiger partial charge < -0.3 is 13.9 Å². The molecule has 0 amide bonds. The van der Waals surface area contributed by atoms with Gasteiger partial charge in [-0.25, -0.2) is 4.79 Å². The van der Waals surface area contributed by atoms with Crippen LogP contribution in [0.25, 0.3) is 21.7 Å². The standard InChI is InChI=1S/C24H22O4/c1-3-26-19-14-22(27-4-2)21-13-18(24(25)28-23(21)15-19)12-17-10-7-9-16-8-5-6-11-20(16)17/h5-11,13-15H,3-4,12H2,1-2H3. The smallest absolute Gasteiger partial charge is 0.339 e. The maximum absolute atomic E-state index is 12.7. The molecule has 0 saturated carbocycles. The highest BCUT2D eigenvalue weighted by Crippen LogP contribution is 2.32. The zero-order valence-corrected chi connectivity index (χ0v) is 16.0. The van der Waals surface area contributed by atoms with Crippen molar-refractivity contribution < 1.29 is 13.9 Å². The Hall–Kier alpha value is -3.27. The number of ether oxygens (including phenoxy) is 2. The number of rotatable bonds is 6. The summed E-state index contributed by atoms with van der Waals surface area (Å²) >= 11 is 0. The fourth-order valence-corrected chi connectivity index (χ4v) is 3.50. The van der Waals surface area contributed by atoms with E-state index in [1.165, 1.54) is 0 Å². The fraction of sp³-hybridized carbons (Fsp3) is 0.208. The van der Waals surface area contributed by atoms with Gasteiger partial charge in [0.1, 0.15) is 17.1 Å². The van der Waals surface area contributed by atoms with E-state index >= 15 is 0 Å². The molecule has 1 aromatic heterocycles. The molecule has 0 fully saturated rings. The van der Waals surface area contributed by atoms with E-state index in [1.54, 1.807) is 6.07 Å². The predicted octanol–water partition coefficient (Wildman–Crippen LogP) is 5.33. The van der Waals surface area contributed by atoms with Gasteiger partial charge in [-0.15, -0.1) is 0 Å². The fourth-order valence-electron chi connectivity index (χ4n) is 3.50. The van der Waals surface area contributed by atoms with Gasteiger partial charge in [-0.05, 0) is 36.2 Å². The highest BCUT2D eigenvalue weighted by atomic mass is 16.5. The van der Waals surface area contributed by atoms with Crippen LogP contribution >= 0.6 is 0 Å². The van der Waals surface area contributed by atoms with Gasteiger partial charge in [0.15, 0.2) is 0 Å². The highest BCUT2D eigenvalue weighted by Gasteiger charge is 2.13. The first kappa shape index (κ1) is 18.1. The minimum absolute atomic E-state index is 0.337. The van der Waals surface area contributed by atoms with Crippen LogP contribution in [0.1, 0.15) is 25.0 Å². The molecule has 4 aromatic rings. The zero-order valence-electron chi connectivity index (χ0n) is 16.0. The van der Waals surface area contributed by atoms with E-state index in [0.29, 0.717) is 42.3 Å². The molecule has 0 N–H and O–H groups in total. The maximum Gasteiger partial charge on any atom is 0.339 e. The van der Waals surface area contributed by atoms with Crippen molar-refractivity contribution >= 4 is 21.7 Å². The van der Waals surface area contributed by atoms with E-state index in [0.717, 1.165) is 21.7 Å². The molecular formula is C24H22O4.